The van der Waals surface area contributed by atoms with Crippen molar-refractivity contribution in [3.63, 3.8) is 0 Å². The molecule has 1 amide bonds. The standard InChI is InChI=1S/C50H93NO5/c1-3-5-7-9-11-13-15-17-19-21-23-28-32-36-40-44-50(55)56-45-41-37-33-29-25-24-27-31-35-39-43-49(54)51-47(46-52)48(53)42-38-34-30-26-22-20-18-16-14-12-10-8-6-4-2/h11,13,17,19,38,42,47-48,52-53H,3-10,12,14-16,18,20-37,39-41,43-46H2,1-2H3,(H,51,54)/b13-11-,19-17-,42-38+. The fourth-order valence-electron chi connectivity index (χ4n) is 7.13. The molecule has 0 aromatic heterocycles. The monoisotopic (exact) mass is 788 g/mol. The maximum absolute atomic E-state index is 12.4. The highest BCUT2D eigenvalue weighted by Gasteiger charge is 2.18. The molecule has 2 atom stereocenters. The van der Waals surface area contributed by atoms with Gasteiger partial charge in [-0.1, -0.05) is 204 Å². The number of unbranched alkanes of at least 4 members (excludes halogenated alkanes) is 29. The van der Waals surface area contributed by atoms with E-state index in [0.29, 0.717) is 19.4 Å². The summed E-state index contributed by atoms with van der Waals surface area (Å²) in [5.74, 6) is -0.129. The van der Waals surface area contributed by atoms with Crippen molar-refractivity contribution in [2.75, 3.05) is 13.2 Å². The number of carbonyl (C=O) groups is 2. The van der Waals surface area contributed by atoms with Crippen molar-refractivity contribution in [1.29, 1.82) is 0 Å². The van der Waals surface area contributed by atoms with Gasteiger partial charge in [-0.05, 0) is 64.2 Å². The summed E-state index contributed by atoms with van der Waals surface area (Å²) >= 11 is 0. The third kappa shape index (κ3) is 41.7. The number of allylic oxidation sites excluding steroid dienone is 5. The van der Waals surface area contributed by atoms with Gasteiger partial charge in [0.25, 0.3) is 0 Å². The molecular formula is C50H93NO5. The molecule has 0 aliphatic carbocycles. The van der Waals surface area contributed by atoms with Crippen LogP contribution in [-0.4, -0.2) is 47.4 Å². The molecule has 0 aromatic carbocycles. The van der Waals surface area contributed by atoms with E-state index in [1.165, 1.54) is 148 Å². The predicted molar refractivity (Wildman–Crippen MR) is 241 cm³/mol. The summed E-state index contributed by atoms with van der Waals surface area (Å²) in [6.07, 6.45) is 54.1. The number of carbonyl (C=O) groups excluding carboxylic acids is 2. The van der Waals surface area contributed by atoms with Gasteiger partial charge in [-0.3, -0.25) is 9.59 Å². The number of rotatable bonds is 44. The Morgan fingerprint density at radius 2 is 0.893 bits per heavy atom. The molecule has 0 heterocycles. The largest absolute Gasteiger partial charge is 0.466 e. The molecule has 6 heteroatoms. The quantitative estimate of drug-likeness (QED) is 0.0325. The van der Waals surface area contributed by atoms with Crippen LogP contribution in [0.15, 0.2) is 36.5 Å². The first-order valence-corrected chi connectivity index (χ1v) is 24.3. The van der Waals surface area contributed by atoms with E-state index in [4.69, 9.17) is 4.74 Å². The number of aliphatic hydroxyl groups is 2. The SMILES string of the molecule is CCCCC/C=C\C/C=C\CCCCCCCC(=O)OCCCCCCCCCCCCC(=O)NC(CO)C(O)/C=C/CCCCCCCCCCCCCC. The Labute approximate surface area is 347 Å². The van der Waals surface area contributed by atoms with Crippen LogP contribution in [0, 0.1) is 0 Å². The smallest absolute Gasteiger partial charge is 0.305 e. The minimum absolute atomic E-state index is 0.0356. The van der Waals surface area contributed by atoms with Crippen LogP contribution >= 0.6 is 0 Å². The average Bonchev–Trinajstić information content (AvgIpc) is 3.20. The summed E-state index contributed by atoms with van der Waals surface area (Å²) < 4.78 is 5.44. The van der Waals surface area contributed by atoms with E-state index in [1.807, 2.05) is 6.08 Å². The lowest BCUT2D eigenvalue weighted by molar-refractivity contribution is -0.143. The number of hydrogen-bond acceptors (Lipinski definition) is 5. The van der Waals surface area contributed by atoms with Gasteiger partial charge in [0.1, 0.15) is 0 Å². The molecule has 0 bridgehead atoms. The number of amides is 1. The zero-order valence-corrected chi connectivity index (χ0v) is 37.1. The lowest BCUT2D eigenvalue weighted by atomic mass is 10.0. The molecule has 0 aliphatic heterocycles. The molecule has 0 aliphatic rings. The molecule has 0 fully saturated rings. The number of ether oxygens (including phenoxy) is 1. The number of nitrogens with one attached hydrogen (secondary N) is 1. The minimum atomic E-state index is -0.859. The van der Waals surface area contributed by atoms with Gasteiger partial charge in [0, 0.05) is 12.8 Å². The fourth-order valence-corrected chi connectivity index (χ4v) is 7.13. The van der Waals surface area contributed by atoms with Crippen molar-refractivity contribution in [2.24, 2.45) is 0 Å². The second-order valence-electron chi connectivity index (χ2n) is 16.4. The third-order valence-corrected chi connectivity index (χ3v) is 10.9. The van der Waals surface area contributed by atoms with Gasteiger partial charge < -0.3 is 20.3 Å². The van der Waals surface area contributed by atoms with E-state index < -0.39 is 12.1 Å². The van der Waals surface area contributed by atoms with Gasteiger partial charge in [-0.25, -0.2) is 0 Å². The zero-order chi connectivity index (χ0) is 40.8. The maximum Gasteiger partial charge on any atom is 0.305 e. The van der Waals surface area contributed by atoms with Crippen molar-refractivity contribution in [3.8, 4) is 0 Å². The van der Waals surface area contributed by atoms with Gasteiger partial charge in [0.15, 0.2) is 0 Å². The third-order valence-electron chi connectivity index (χ3n) is 10.9. The molecular weight excluding hydrogens is 695 g/mol. The molecule has 0 rings (SSSR count). The second kappa shape index (κ2) is 45.8. The highest BCUT2D eigenvalue weighted by atomic mass is 16.5. The van der Waals surface area contributed by atoms with E-state index in [2.05, 4.69) is 43.5 Å². The van der Waals surface area contributed by atoms with E-state index in [9.17, 15) is 19.8 Å². The normalized spacial score (nSPS) is 13.0. The number of aliphatic hydroxyl groups excluding tert-OH is 2. The summed E-state index contributed by atoms with van der Waals surface area (Å²) in [5.41, 5.74) is 0. The van der Waals surface area contributed by atoms with Crippen LogP contribution in [0.5, 0.6) is 0 Å². The van der Waals surface area contributed by atoms with Crippen molar-refractivity contribution < 1.29 is 24.5 Å². The summed E-state index contributed by atoms with van der Waals surface area (Å²) in [6, 6.07) is -0.645. The van der Waals surface area contributed by atoms with E-state index in [0.717, 1.165) is 70.6 Å². The summed E-state index contributed by atoms with van der Waals surface area (Å²) in [4.78, 5) is 24.4. The van der Waals surface area contributed by atoms with Gasteiger partial charge in [-0.15, -0.1) is 0 Å². The Kier molecular flexibility index (Phi) is 44.2. The van der Waals surface area contributed by atoms with Gasteiger partial charge in [-0.2, -0.15) is 0 Å². The van der Waals surface area contributed by atoms with Gasteiger partial charge >= 0.3 is 5.97 Å². The average molecular weight is 788 g/mol. The predicted octanol–water partition coefficient (Wildman–Crippen LogP) is 14.1. The van der Waals surface area contributed by atoms with E-state index >= 15 is 0 Å². The van der Waals surface area contributed by atoms with Gasteiger partial charge in [0.05, 0.1) is 25.4 Å². The highest BCUT2D eigenvalue weighted by Crippen LogP contribution is 2.15. The first-order chi connectivity index (χ1) is 27.5. The second-order valence-corrected chi connectivity index (χ2v) is 16.4. The minimum Gasteiger partial charge on any atom is -0.466 e. The lowest BCUT2D eigenvalue weighted by Crippen LogP contribution is -2.45. The van der Waals surface area contributed by atoms with Crippen molar-refractivity contribution >= 4 is 11.9 Å². The van der Waals surface area contributed by atoms with Crippen molar-refractivity contribution in [3.05, 3.63) is 36.5 Å². The molecule has 0 radical (unpaired) electrons. The number of esters is 1. The summed E-state index contributed by atoms with van der Waals surface area (Å²) in [5, 5.41) is 23.0. The molecule has 6 nitrogen and oxygen atoms in total. The van der Waals surface area contributed by atoms with Crippen LogP contribution in [0.2, 0.25) is 0 Å². The Morgan fingerprint density at radius 1 is 0.500 bits per heavy atom. The molecule has 56 heavy (non-hydrogen) atoms. The molecule has 328 valence electrons. The molecule has 2 unspecified atom stereocenters. The van der Waals surface area contributed by atoms with Crippen LogP contribution in [0.3, 0.4) is 0 Å². The molecule has 0 saturated carbocycles. The Balaban J connectivity index is 3.54. The maximum atomic E-state index is 12.4. The molecule has 0 spiro atoms. The van der Waals surface area contributed by atoms with Crippen molar-refractivity contribution in [2.45, 2.75) is 257 Å². The van der Waals surface area contributed by atoms with Crippen LogP contribution in [0.4, 0.5) is 0 Å². The highest BCUT2D eigenvalue weighted by molar-refractivity contribution is 5.76. The Bertz CT molecular complexity index is 915. The van der Waals surface area contributed by atoms with E-state index in [-0.39, 0.29) is 18.5 Å². The zero-order valence-electron chi connectivity index (χ0n) is 37.1. The van der Waals surface area contributed by atoms with Crippen LogP contribution < -0.4 is 5.32 Å². The van der Waals surface area contributed by atoms with E-state index in [1.54, 1.807) is 6.08 Å². The molecule has 0 saturated heterocycles. The summed E-state index contributed by atoms with van der Waals surface area (Å²) in [7, 11) is 0. The fraction of sp³-hybridized carbons (Fsp3) is 0.840. The number of hydrogen-bond donors (Lipinski definition) is 3. The van der Waals surface area contributed by atoms with Crippen LogP contribution in [0.1, 0.15) is 245 Å². The first kappa shape index (κ1) is 54.1. The lowest BCUT2D eigenvalue weighted by Gasteiger charge is -2.20. The topological polar surface area (TPSA) is 95.9 Å². The first-order valence-electron chi connectivity index (χ1n) is 24.3. The van der Waals surface area contributed by atoms with Gasteiger partial charge in [0.2, 0.25) is 5.91 Å². The Morgan fingerprint density at radius 3 is 1.39 bits per heavy atom. The summed E-state index contributed by atoms with van der Waals surface area (Å²) in [6.45, 7) is 4.80. The van der Waals surface area contributed by atoms with Crippen molar-refractivity contribution in [1.82, 2.24) is 5.32 Å². The van der Waals surface area contributed by atoms with Crippen LogP contribution in [0.25, 0.3) is 0 Å². The Hall–Kier alpha value is -1.92. The molecule has 3 N–H and O–H groups in total. The molecule has 0 aromatic rings. The van der Waals surface area contributed by atoms with Crippen LogP contribution in [-0.2, 0) is 14.3 Å².